The van der Waals surface area contributed by atoms with Crippen LogP contribution in [0.5, 0.6) is 0 Å². The molecule has 0 aliphatic rings. The second kappa shape index (κ2) is 6.87. The minimum Gasteiger partial charge on any atom is -0.355 e. The fraction of sp³-hybridized carbons (Fsp3) is 0.571. The van der Waals surface area contributed by atoms with Crippen molar-refractivity contribution in [3.8, 4) is 12.3 Å². The molecule has 0 aromatic carbocycles. The zero-order chi connectivity index (χ0) is 7.82. The van der Waals surface area contributed by atoms with Gasteiger partial charge in [-0.2, -0.15) is 0 Å². The summed E-state index contributed by atoms with van der Waals surface area (Å²) in [5.41, 5.74) is 0. The van der Waals surface area contributed by atoms with E-state index in [1.807, 2.05) is 0 Å². The van der Waals surface area contributed by atoms with Gasteiger partial charge in [-0.1, -0.05) is 22.6 Å². The molecule has 0 atom stereocenters. The number of alkyl halides is 1. The van der Waals surface area contributed by atoms with Crippen molar-refractivity contribution in [2.75, 3.05) is 11.0 Å². The Balaban J connectivity index is 3.15. The van der Waals surface area contributed by atoms with Crippen molar-refractivity contribution in [2.24, 2.45) is 0 Å². The van der Waals surface area contributed by atoms with Gasteiger partial charge in [-0.3, -0.25) is 4.79 Å². The van der Waals surface area contributed by atoms with Crippen molar-refractivity contribution < 1.29 is 4.79 Å². The summed E-state index contributed by atoms with van der Waals surface area (Å²) in [4.78, 5) is 10.7. The highest BCUT2D eigenvalue weighted by Crippen LogP contribution is 1.87. The predicted molar refractivity (Wildman–Crippen MR) is 50.0 cm³/mol. The molecule has 0 aliphatic carbocycles. The molecular formula is C7H10INO. The molecule has 10 heavy (non-hydrogen) atoms. The van der Waals surface area contributed by atoms with Crippen molar-refractivity contribution >= 4 is 28.5 Å². The summed E-state index contributed by atoms with van der Waals surface area (Å²) in [5, 5.41) is 2.70. The summed E-state index contributed by atoms with van der Waals surface area (Å²) >= 11 is 2.16. The highest BCUT2D eigenvalue weighted by molar-refractivity contribution is 14.1. The van der Waals surface area contributed by atoms with Gasteiger partial charge >= 0.3 is 0 Å². The predicted octanol–water partition coefficient (Wildman–Crippen LogP) is 0.951. The third kappa shape index (κ3) is 5.89. The first-order valence-electron chi connectivity index (χ1n) is 3.07. The summed E-state index contributed by atoms with van der Waals surface area (Å²) in [6, 6.07) is 0. The van der Waals surface area contributed by atoms with E-state index in [1.165, 1.54) is 0 Å². The molecule has 0 aromatic heterocycles. The third-order valence-electron chi connectivity index (χ3n) is 0.913. The molecule has 0 aliphatic heterocycles. The van der Waals surface area contributed by atoms with Gasteiger partial charge in [0.05, 0.1) is 0 Å². The Kier molecular flexibility index (Phi) is 6.71. The average molecular weight is 251 g/mol. The van der Waals surface area contributed by atoms with Gasteiger partial charge in [0.1, 0.15) is 0 Å². The molecule has 0 bridgehead atoms. The number of hydrogen-bond acceptors (Lipinski definition) is 1. The minimum absolute atomic E-state index is 0.0876. The Morgan fingerprint density at radius 1 is 1.70 bits per heavy atom. The number of carbonyl (C=O) groups excluding carboxylic acids is 1. The van der Waals surface area contributed by atoms with Gasteiger partial charge in [-0.15, -0.1) is 12.3 Å². The van der Waals surface area contributed by atoms with Crippen LogP contribution in [0.3, 0.4) is 0 Å². The first-order chi connectivity index (χ1) is 4.81. The normalized spacial score (nSPS) is 8.40. The lowest BCUT2D eigenvalue weighted by Gasteiger charge is -1.98. The fourth-order valence-corrected chi connectivity index (χ4v) is 0.938. The van der Waals surface area contributed by atoms with Crippen LogP contribution in [-0.4, -0.2) is 16.9 Å². The monoisotopic (exact) mass is 251 g/mol. The molecule has 0 aromatic rings. The van der Waals surface area contributed by atoms with Crippen molar-refractivity contribution in [3.05, 3.63) is 0 Å². The van der Waals surface area contributed by atoms with Gasteiger partial charge in [-0.25, -0.2) is 0 Å². The Morgan fingerprint density at radius 3 is 2.90 bits per heavy atom. The molecule has 0 heterocycles. The van der Waals surface area contributed by atoms with Crippen LogP contribution in [0.4, 0.5) is 0 Å². The lowest BCUT2D eigenvalue weighted by atomic mass is 10.4. The number of rotatable bonds is 4. The molecule has 0 fully saturated rings. The van der Waals surface area contributed by atoms with Crippen LogP contribution in [0.25, 0.3) is 0 Å². The number of hydrogen-bond donors (Lipinski definition) is 1. The molecular weight excluding hydrogens is 241 g/mol. The first-order valence-corrected chi connectivity index (χ1v) is 4.60. The lowest BCUT2D eigenvalue weighted by molar-refractivity contribution is -0.120. The van der Waals surface area contributed by atoms with E-state index in [9.17, 15) is 4.79 Å². The second-order valence-corrected chi connectivity index (χ2v) is 2.82. The van der Waals surface area contributed by atoms with E-state index in [4.69, 9.17) is 6.42 Å². The molecule has 0 spiro atoms. The van der Waals surface area contributed by atoms with Gasteiger partial charge in [0.2, 0.25) is 5.91 Å². The molecule has 56 valence electrons. The molecule has 3 heteroatoms. The summed E-state index contributed by atoms with van der Waals surface area (Å²) < 4.78 is 0.861. The van der Waals surface area contributed by atoms with Crippen molar-refractivity contribution in [1.29, 1.82) is 0 Å². The molecule has 0 radical (unpaired) electrons. The van der Waals surface area contributed by atoms with Crippen LogP contribution in [-0.2, 0) is 4.79 Å². The van der Waals surface area contributed by atoms with Crippen LogP contribution in [0.2, 0.25) is 0 Å². The van der Waals surface area contributed by atoms with Crippen LogP contribution < -0.4 is 5.32 Å². The molecule has 1 amide bonds. The van der Waals surface area contributed by atoms with Gasteiger partial charge in [0.15, 0.2) is 0 Å². The third-order valence-corrected chi connectivity index (χ3v) is 1.45. The standard InChI is InChI=1S/C7H10INO/c1-2-3-6-9-7(10)4-5-8/h1H,3-6H2,(H,9,10). The second-order valence-electron chi connectivity index (χ2n) is 1.74. The molecule has 0 saturated heterocycles. The Labute approximate surface area is 74.9 Å². The number of terminal acetylenes is 1. The molecule has 0 rings (SSSR count). The quantitative estimate of drug-likeness (QED) is 0.343. The molecule has 1 N–H and O–H groups in total. The summed E-state index contributed by atoms with van der Waals surface area (Å²) in [6.45, 7) is 0.603. The van der Waals surface area contributed by atoms with E-state index >= 15 is 0 Å². The smallest absolute Gasteiger partial charge is 0.220 e. The van der Waals surface area contributed by atoms with Crippen LogP contribution in [0.1, 0.15) is 12.8 Å². The maximum Gasteiger partial charge on any atom is 0.220 e. The van der Waals surface area contributed by atoms with Crippen molar-refractivity contribution in [2.45, 2.75) is 12.8 Å². The summed E-state index contributed by atoms with van der Waals surface area (Å²) in [6.07, 6.45) is 6.19. The van der Waals surface area contributed by atoms with Crippen molar-refractivity contribution in [3.63, 3.8) is 0 Å². The molecule has 2 nitrogen and oxygen atoms in total. The van der Waals surface area contributed by atoms with Gasteiger partial charge in [0.25, 0.3) is 0 Å². The SMILES string of the molecule is C#CCCNC(=O)CCI. The highest BCUT2D eigenvalue weighted by atomic mass is 127. The zero-order valence-electron chi connectivity index (χ0n) is 5.69. The van der Waals surface area contributed by atoms with E-state index in [1.54, 1.807) is 0 Å². The van der Waals surface area contributed by atoms with Gasteiger partial charge in [-0.05, 0) is 0 Å². The van der Waals surface area contributed by atoms with Gasteiger partial charge in [0, 0.05) is 23.8 Å². The Morgan fingerprint density at radius 2 is 2.40 bits per heavy atom. The zero-order valence-corrected chi connectivity index (χ0v) is 7.85. The maximum atomic E-state index is 10.7. The lowest BCUT2D eigenvalue weighted by Crippen LogP contribution is -2.23. The van der Waals surface area contributed by atoms with Crippen molar-refractivity contribution in [1.82, 2.24) is 5.32 Å². The van der Waals surface area contributed by atoms with Crippen LogP contribution in [0, 0.1) is 12.3 Å². The summed E-state index contributed by atoms with van der Waals surface area (Å²) in [7, 11) is 0. The topological polar surface area (TPSA) is 29.1 Å². The fourth-order valence-electron chi connectivity index (χ4n) is 0.448. The highest BCUT2D eigenvalue weighted by Gasteiger charge is 1.95. The molecule has 0 saturated carbocycles. The summed E-state index contributed by atoms with van der Waals surface area (Å²) in [5.74, 6) is 2.54. The van der Waals surface area contributed by atoms with E-state index in [0.29, 0.717) is 19.4 Å². The van der Waals surface area contributed by atoms with Gasteiger partial charge < -0.3 is 5.32 Å². The van der Waals surface area contributed by atoms with E-state index < -0.39 is 0 Å². The molecule has 0 unspecified atom stereocenters. The Bertz CT molecular complexity index is 139. The largest absolute Gasteiger partial charge is 0.355 e. The number of halogens is 1. The van der Waals surface area contributed by atoms with E-state index in [2.05, 4.69) is 33.8 Å². The van der Waals surface area contributed by atoms with Crippen LogP contribution in [0.15, 0.2) is 0 Å². The number of nitrogens with one attached hydrogen (secondary N) is 1. The number of carbonyl (C=O) groups is 1. The average Bonchev–Trinajstić information content (AvgIpc) is 1.89. The first kappa shape index (κ1) is 9.76. The van der Waals surface area contributed by atoms with E-state index in [-0.39, 0.29) is 5.91 Å². The number of amides is 1. The maximum absolute atomic E-state index is 10.7. The minimum atomic E-state index is 0.0876. The van der Waals surface area contributed by atoms with E-state index in [0.717, 1.165) is 4.43 Å². The Hall–Kier alpha value is -0.240. The van der Waals surface area contributed by atoms with Crippen LogP contribution >= 0.6 is 22.6 Å².